The van der Waals surface area contributed by atoms with Crippen molar-refractivity contribution in [2.24, 2.45) is 7.05 Å². The average molecular weight is 240 g/mol. The summed E-state index contributed by atoms with van der Waals surface area (Å²) in [6.07, 6.45) is 1.74. The number of nitrogens with zero attached hydrogens (tertiary/aromatic N) is 2. The number of hydrogen-bond acceptors (Lipinski definition) is 3. The molecule has 0 aliphatic rings. The van der Waals surface area contributed by atoms with Crippen molar-refractivity contribution in [1.29, 1.82) is 0 Å². The van der Waals surface area contributed by atoms with Crippen LogP contribution in [0.1, 0.15) is 17.7 Å². The van der Waals surface area contributed by atoms with E-state index in [4.69, 9.17) is 5.11 Å². The van der Waals surface area contributed by atoms with Crippen molar-refractivity contribution in [2.45, 2.75) is 19.9 Å². The molecular weight excluding hydrogens is 224 g/mol. The largest absolute Gasteiger partial charge is 0.481 e. The van der Waals surface area contributed by atoms with Crippen LogP contribution in [-0.2, 0) is 18.4 Å². The molecule has 3 N–H and O–H groups in total. The highest BCUT2D eigenvalue weighted by Crippen LogP contribution is 2.03. The van der Waals surface area contributed by atoms with Gasteiger partial charge in [0.1, 0.15) is 0 Å². The zero-order valence-electron chi connectivity index (χ0n) is 9.86. The molecule has 7 nitrogen and oxygen atoms in total. The van der Waals surface area contributed by atoms with E-state index in [0.29, 0.717) is 6.54 Å². The van der Waals surface area contributed by atoms with Crippen molar-refractivity contribution in [3.8, 4) is 0 Å². The molecule has 0 aliphatic carbocycles. The lowest BCUT2D eigenvalue weighted by molar-refractivity contribution is -0.136. The molecule has 0 unspecified atom stereocenters. The van der Waals surface area contributed by atoms with E-state index in [2.05, 4.69) is 15.7 Å². The van der Waals surface area contributed by atoms with Crippen LogP contribution in [0.4, 0.5) is 4.79 Å². The minimum Gasteiger partial charge on any atom is -0.481 e. The second-order valence-corrected chi connectivity index (χ2v) is 3.67. The lowest BCUT2D eigenvalue weighted by atomic mass is 10.3. The predicted octanol–water partition coefficient (Wildman–Crippen LogP) is 0.00242. The first-order valence-corrected chi connectivity index (χ1v) is 5.21. The van der Waals surface area contributed by atoms with Crippen LogP contribution in [0.15, 0.2) is 6.20 Å². The van der Waals surface area contributed by atoms with Gasteiger partial charge in [-0.1, -0.05) is 0 Å². The molecule has 0 spiro atoms. The van der Waals surface area contributed by atoms with E-state index >= 15 is 0 Å². The number of rotatable bonds is 5. The summed E-state index contributed by atoms with van der Waals surface area (Å²) in [6, 6.07) is -0.380. The van der Waals surface area contributed by atoms with Gasteiger partial charge in [-0.3, -0.25) is 9.48 Å². The molecule has 0 saturated carbocycles. The third kappa shape index (κ3) is 4.54. The molecule has 0 atom stereocenters. The first-order chi connectivity index (χ1) is 7.99. The van der Waals surface area contributed by atoms with Crippen LogP contribution in [0.25, 0.3) is 0 Å². The quantitative estimate of drug-likeness (QED) is 0.675. The number of amides is 2. The Balaban J connectivity index is 2.28. The summed E-state index contributed by atoms with van der Waals surface area (Å²) in [4.78, 5) is 21.5. The Kier molecular flexibility index (Phi) is 4.50. The SMILES string of the molecule is Cc1nn(C)cc1CNC(=O)NCCC(=O)O. The number of aryl methyl sites for hydroxylation is 2. The van der Waals surface area contributed by atoms with Crippen LogP contribution in [0, 0.1) is 6.92 Å². The van der Waals surface area contributed by atoms with Crippen molar-refractivity contribution in [1.82, 2.24) is 20.4 Å². The average Bonchev–Trinajstić information content (AvgIpc) is 2.54. The number of carbonyl (C=O) groups is 2. The van der Waals surface area contributed by atoms with E-state index in [9.17, 15) is 9.59 Å². The molecule has 1 heterocycles. The molecule has 0 bridgehead atoms. The maximum absolute atomic E-state index is 11.3. The number of carboxylic acids is 1. The van der Waals surface area contributed by atoms with Gasteiger partial charge < -0.3 is 15.7 Å². The van der Waals surface area contributed by atoms with E-state index in [0.717, 1.165) is 11.3 Å². The van der Waals surface area contributed by atoms with Crippen LogP contribution < -0.4 is 10.6 Å². The van der Waals surface area contributed by atoms with Crippen LogP contribution in [0.3, 0.4) is 0 Å². The van der Waals surface area contributed by atoms with Crippen LogP contribution in [0.5, 0.6) is 0 Å². The molecule has 94 valence electrons. The Hall–Kier alpha value is -2.05. The fourth-order valence-electron chi connectivity index (χ4n) is 1.34. The zero-order valence-corrected chi connectivity index (χ0v) is 9.86. The highest BCUT2D eigenvalue weighted by Gasteiger charge is 2.05. The van der Waals surface area contributed by atoms with Crippen molar-refractivity contribution >= 4 is 12.0 Å². The number of aliphatic carboxylic acids is 1. The smallest absolute Gasteiger partial charge is 0.315 e. The molecule has 7 heteroatoms. The Morgan fingerprint density at radius 2 is 2.18 bits per heavy atom. The number of carboxylic acid groups (broad SMARTS) is 1. The Labute approximate surface area is 98.8 Å². The molecule has 0 radical (unpaired) electrons. The maximum atomic E-state index is 11.3. The van der Waals surface area contributed by atoms with Crippen molar-refractivity contribution < 1.29 is 14.7 Å². The van der Waals surface area contributed by atoms with Gasteiger partial charge in [0.2, 0.25) is 0 Å². The highest BCUT2D eigenvalue weighted by molar-refractivity contribution is 5.74. The molecule has 17 heavy (non-hydrogen) atoms. The van der Waals surface area contributed by atoms with Gasteiger partial charge >= 0.3 is 12.0 Å². The molecular formula is C10H16N4O3. The van der Waals surface area contributed by atoms with Gasteiger partial charge in [-0.15, -0.1) is 0 Å². The lowest BCUT2D eigenvalue weighted by Crippen LogP contribution is -2.36. The third-order valence-electron chi connectivity index (χ3n) is 2.18. The van der Waals surface area contributed by atoms with E-state index in [1.807, 2.05) is 20.2 Å². The molecule has 1 aromatic heterocycles. The topological polar surface area (TPSA) is 96.3 Å². The van der Waals surface area contributed by atoms with Crippen LogP contribution >= 0.6 is 0 Å². The molecule has 0 fully saturated rings. The molecule has 1 rings (SSSR count). The Morgan fingerprint density at radius 1 is 1.47 bits per heavy atom. The van der Waals surface area contributed by atoms with E-state index in [1.165, 1.54) is 0 Å². The van der Waals surface area contributed by atoms with Gasteiger partial charge in [-0.05, 0) is 6.92 Å². The summed E-state index contributed by atoms with van der Waals surface area (Å²) >= 11 is 0. The first kappa shape index (κ1) is 13.0. The van der Waals surface area contributed by atoms with Crippen LogP contribution in [0.2, 0.25) is 0 Å². The number of carbonyl (C=O) groups excluding carboxylic acids is 1. The summed E-state index contributed by atoms with van der Waals surface area (Å²) in [6.45, 7) is 2.35. The number of aromatic nitrogens is 2. The Bertz CT molecular complexity index is 414. The predicted molar refractivity (Wildman–Crippen MR) is 60.4 cm³/mol. The van der Waals surface area contributed by atoms with Crippen molar-refractivity contribution in [3.05, 3.63) is 17.5 Å². The summed E-state index contributed by atoms with van der Waals surface area (Å²) in [5, 5.41) is 17.6. The number of urea groups is 1. The number of hydrogen-bond donors (Lipinski definition) is 3. The van der Waals surface area contributed by atoms with Gasteiger partial charge in [-0.25, -0.2) is 4.79 Å². The minimum atomic E-state index is -0.937. The van der Waals surface area contributed by atoms with Gasteiger partial charge in [0, 0.05) is 31.9 Å². The third-order valence-corrected chi connectivity index (χ3v) is 2.18. The lowest BCUT2D eigenvalue weighted by Gasteiger charge is -2.05. The normalized spacial score (nSPS) is 10.0. The molecule has 0 aliphatic heterocycles. The monoisotopic (exact) mass is 240 g/mol. The summed E-state index contributed by atoms with van der Waals surface area (Å²) in [5.41, 5.74) is 1.79. The van der Waals surface area contributed by atoms with Gasteiger partial charge in [0.05, 0.1) is 12.1 Å². The fraction of sp³-hybridized carbons (Fsp3) is 0.500. The minimum absolute atomic E-state index is 0.0840. The Morgan fingerprint density at radius 3 is 2.71 bits per heavy atom. The van der Waals surface area contributed by atoms with Crippen LogP contribution in [-0.4, -0.2) is 33.4 Å². The highest BCUT2D eigenvalue weighted by atomic mass is 16.4. The molecule has 0 saturated heterocycles. The molecule has 0 aromatic carbocycles. The summed E-state index contributed by atoms with van der Waals surface area (Å²) in [5.74, 6) is -0.937. The molecule has 1 aromatic rings. The van der Waals surface area contributed by atoms with E-state index in [-0.39, 0.29) is 19.0 Å². The zero-order chi connectivity index (χ0) is 12.8. The molecule has 2 amide bonds. The van der Waals surface area contributed by atoms with E-state index < -0.39 is 5.97 Å². The maximum Gasteiger partial charge on any atom is 0.315 e. The van der Waals surface area contributed by atoms with Crippen molar-refractivity contribution in [2.75, 3.05) is 6.54 Å². The van der Waals surface area contributed by atoms with Crippen molar-refractivity contribution in [3.63, 3.8) is 0 Å². The van der Waals surface area contributed by atoms with Gasteiger partial charge in [-0.2, -0.15) is 5.10 Å². The second-order valence-electron chi connectivity index (χ2n) is 3.67. The second kappa shape index (κ2) is 5.88. The van der Waals surface area contributed by atoms with E-state index in [1.54, 1.807) is 4.68 Å². The summed E-state index contributed by atoms with van der Waals surface area (Å²) in [7, 11) is 1.81. The summed E-state index contributed by atoms with van der Waals surface area (Å²) < 4.78 is 1.68. The van der Waals surface area contributed by atoms with Gasteiger partial charge in [0.15, 0.2) is 0 Å². The number of nitrogens with one attached hydrogen (secondary N) is 2. The first-order valence-electron chi connectivity index (χ1n) is 5.21. The fourth-order valence-corrected chi connectivity index (χ4v) is 1.34. The standard InChI is InChI=1S/C10H16N4O3/c1-7-8(6-14(2)13-7)5-12-10(17)11-4-3-9(15)16/h6H,3-5H2,1-2H3,(H,15,16)(H2,11,12,17). The van der Waals surface area contributed by atoms with Gasteiger partial charge in [0.25, 0.3) is 0 Å².